The number of rotatable bonds is 5. The second-order valence-corrected chi connectivity index (χ2v) is 6.60. The lowest BCUT2D eigenvalue weighted by molar-refractivity contribution is 0.102. The minimum atomic E-state index is -0.447. The van der Waals surface area contributed by atoms with Gasteiger partial charge in [0.05, 0.1) is 36.7 Å². The fourth-order valence-electron chi connectivity index (χ4n) is 3.24. The maximum absolute atomic E-state index is 13.5. The number of anilines is 1. The smallest absolute Gasteiger partial charge is 0.256 e. The normalized spacial score (nSPS) is 10.6. The van der Waals surface area contributed by atoms with Crippen molar-refractivity contribution in [2.45, 2.75) is 0 Å². The summed E-state index contributed by atoms with van der Waals surface area (Å²) in [5.74, 6) is 0.0887. The molecular formula is C24H19FN2O3. The van der Waals surface area contributed by atoms with Crippen molar-refractivity contribution in [3.63, 3.8) is 0 Å². The van der Waals surface area contributed by atoms with Crippen LogP contribution in [0, 0.1) is 5.82 Å². The summed E-state index contributed by atoms with van der Waals surface area (Å²) in [5.41, 5.74) is 2.99. The number of aromatic nitrogens is 1. The number of hydrogen-bond acceptors (Lipinski definition) is 4. The summed E-state index contributed by atoms with van der Waals surface area (Å²) in [6.45, 7) is 0. The molecule has 1 heterocycles. The number of ether oxygens (including phenoxy) is 2. The highest BCUT2D eigenvalue weighted by molar-refractivity contribution is 6.13. The number of carbonyl (C=O) groups is 1. The minimum Gasteiger partial charge on any atom is -0.497 e. The quantitative estimate of drug-likeness (QED) is 0.491. The lowest BCUT2D eigenvalue weighted by atomic mass is 10.0. The molecule has 150 valence electrons. The lowest BCUT2D eigenvalue weighted by Crippen LogP contribution is -2.14. The summed E-state index contributed by atoms with van der Waals surface area (Å²) in [5, 5.41) is 3.49. The molecule has 30 heavy (non-hydrogen) atoms. The number of amides is 1. The van der Waals surface area contributed by atoms with Crippen LogP contribution in [0.5, 0.6) is 11.5 Å². The molecule has 0 aliphatic rings. The Labute approximate surface area is 173 Å². The van der Waals surface area contributed by atoms with Crippen LogP contribution in [0.3, 0.4) is 0 Å². The number of carbonyl (C=O) groups excluding carboxylic acids is 1. The van der Waals surface area contributed by atoms with Crippen molar-refractivity contribution < 1.29 is 18.7 Å². The first-order valence-electron chi connectivity index (χ1n) is 9.28. The second kappa shape index (κ2) is 8.21. The largest absolute Gasteiger partial charge is 0.497 e. The van der Waals surface area contributed by atoms with Crippen LogP contribution in [0.2, 0.25) is 0 Å². The highest BCUT2D eigenvalue weighted by Gasteiger charge is 2.17. The van der Waals surface area contributed by atoms with Crippen LogP contribution in [-0.2, 0) is 0 Å². The zero-order valence-electron chi connectivity index (χ0n) is 16.5. The van der Waals surface area contributed by atoms with E-state index in [-0.39, 0.29) is 11.7 Å². The summed E-state index contributed by atoms with van der Waals surface area (Å²) >= 11 is 0. The molecule has 0 atom stereocenters. The Bertz CT molecular complexity index is 1230. The van der Waals surface area contributed by atoms with Crippen LogP contribution < -0.4 is 14.8 Å². The van der Waals surface area contributed by atoms with E-state index in [1.807, 2.05) is 30.3 Å². The molecule has 0 spiro atoms. The third-order valence-electron chi connectivity index (χ3n) is 4.74. The van der Waals surface area contributed by atoms with Crippen molar-refractivity contribution >= 4 is 22.5 Å². The fraction of sp³-hybridized carbons (Fsp3) is 0.0833. The van der Waals surface area contributed by atoms with Gasteiger partial charge in [0.15, 0.2) is 0 Å². The maximum Gasteiger partial charge on any atom is 0.256 e. The van der Waals surface area contributed by atoms with Crippen molar-refractivity contribution in [3.8, 4) is 22.8 Å². The molecule has 5 nitrogen and oxygen atoms in total. The van der Waals surface area contributed by atoms with Crippen molar-refractivity contribution in [2.24, 2.45) is 0 Å². The molecule has 0 saturated carbocycles. The van der Waals surface area contributed by atoms with Crippen LogP contribution in [0.1, 0.15) is 10.4 Å². The first kappa shape index (κ1) is 19.4. The third-order valence-corrected chi connectivity index (χ3v) is 4.74. The van der Waals surface area contributed by atoms with E-state index >= 15 is 0 Å². The molecule has 0 fully saturated rings. The Morgan fingerprint density at radius 3 is 2.47 bits per heavy atom. The summed E-state index contributed by atoms with van der Waals surface area (Å²) in [6.07, 6.45) is 0. The molecule has 1 N–H and O–H groups in total. The lowest BCUT2D eigenvalue weighted by Gasteiger charge is -2.13. The number of halogens is 1. The molecule has 3 aromatic carbocycles. The maximum atomic E-state index is 13.5. The van der Waals surface area contributed by atoms with E-state index in [0.717, 1.165) is 5.56 Å². The summed E-state index contributed by atoms with van der Waals surface area (Å²) in [6, 6.07) is 20.7. The Kier molecular flexibility index (Phi) is 5.30. The average Bonchev–Trinajstić information content (AvgIpc) is 2.79. The van der Waals surface area contributed by atoms with Gasteiger partial charge in [0.1, 0.15) is 17.3 Å². The van der Waals surface area contributed by atoms with Crippen LogP contribution in [0.15, 0.2) is 72.8 Å². The molecule has 4 aromatic rings. The molecule has 6 heteroatoms. The second-order valence-electron chi connectivity index (χ2n) is 6.60. The first-order valence-corrected chi connectivity index (χ1v) is 9.28. The average molecular weight is 402 g/mol. The zero-order chi connectivity index (χ0) is 21.1. The molecule has 0 unspecified atom stereocenters. The molecule has 0 aliphatic carbocycles. The van der Waals surface area contributed by atoms with Crippen molar-refractivity contribution in [2.75, 3.05) is 19.5 Å². The number of fused-ring (bicyclic) bond motifs is 1. The van der Waals surface area contributed by atoms with Gasteiger partial charge in [0.25, 0.3) is 5.91 Å². The zero-order valence-corrected chi connectivity index (χ0v) is 16.5. The minimum absolute atomic E-state index is 0.242. The van der Waals surface area contributed by atoms with Gasteiger partial charge in [0, 0.05) is 23.1 Å². The van der Waals surface area contributed by atoms with Gasteiger partial charge >= 0.3 is 0 Å². The van der Waals surface area contributed by atoms with E-state index in [2.05, 4.69) is 5.32 Å². The molecule has 0 radical (unpaired) electrons. The number of nitrogens with zero attached hydrogens (tertiary/aromatic N) is 1. The molecule has 0 bridgehead atoms. The van der Waals surface area contributed by atoms with Gasteiger partial charge in [0.2, 0.25) is 0 Å². The number of nitrogens with one attached hydrogen (secondary N) is 1. The molecule has 1 amide bonds. The standard InChI is InChI=1S/C24H19FN2O3/c1-29-17-9-10-18-19(24(28)27-20-11-8-16(25)12-23(20)30-2)14-21(26-22(18)13-17)15-6-4-3-5-7-15/h3-14H,1-2H3,(H,27,28). The van der Waals surface area contributed by atoms with Crippen molar-refractivity contribution in [3.05, 3.63) is 84.2 Å². The molecule has 1 aromatic heterocycles. The van der Waals surface area contributed by atoms with Crippen LogP contribution >= 0.6 is 0 Å². The first-order chi connectivity index (χ1) is 14.6. The van der Waals surface area contributed by atoms with E-state index in [1.165, 1.54) is 25.3 Å². The topological polar surface area (TPSA) is 60.5 Å². The van der Waals surface area contributed by atoms with Gasteiger partial charge in [-0.25, -0.2) is 9.37 Å². The van der Waals surface area contributed by atoms with Gasteiger partial charge < -0.3 is 14.8 Å². The predicted molar refractivity (Wildman–Crippen MR) is 115 cm³/mol. The van der Waals surface area contributed by atoms with Gasteiger partial charge in [-0.3, -0.25) is 4.79 Å². The number of methoxy groups -OCH3 is 2. The molecular weight excluding hydrogens is 383 g/mol. The van der Waals surface area contributed by atoms with Crippen LogP contribution in [-0.4, -0.2) is 25.1 Å². The Morgan fingerprint density at radius 2 is 1.73 bits per heavy atom. The van der Waals surface area contributed by atoms with E-state index in [9.17, 15) is 9.18 Å². The molecule has 0 aliphatic heterocycles. The highest BCUT2D eigenvalue weighted by atomic mass is 19.1. The summed E-state index contributed by atoms with van der Waals surface area (Å²) in [7, 11) is 3.00. The van der Waals surface area contributed by atoms with Gasteiger partial charge in [-0.2, -0.15) is 0 Å². The van der Waals surface area contributed by atoms with E-state index in [4.69, 9.17) is 14.5 Å². The van der Waals surface area contributed by atoms with E-state index < -0.39 is 5.82 Å². The number of benzene rings is 3. The van der Waals surface area contributed by atoms with Gasteiger partial charge in [-0.15, -0.1) is 0 Å². The Balaban J connectivity index is 1.83. The Morgan fingerprint density at radius 1 is 0.933 bits per heavy atom. The number of hydrogen-bond donors (Lipinski definition) is 1. The van der Waals surface area contributed by atoms with E-state index in [1.54, 1.807) is 31.4 Å². The number of pyridine rings is 1. The van der Waals surface area contributed by atoms with Crippen molar-refractivity contribution in [1.82, 2.24) is 4.98 Å². The molecule has 0 saturated heterocycles. The summed E-state index contributed by atoms with van der Waals surface area (Å²) in [4.78, 5) is 17.9. The van der Waals surface area contributed by atoms with E-state index in [0.29, 0.717) is 33.6 Å². The van der Waals surface area contributed by atoms with Crippen LogP contribution in [0.25, 0.3) is 22.2 Å². The Hall–Kier alpha value is -3.93. The van der Waals surface area contributed by atoms with Gasteiger partial charge in [-0.05, 0) is 30.3 Å². The fourth-order valence-corrected chi connectivity index (χ4v) is 3.24. The van der Waals surface area contributed by atoms with Gasteiger partial charge in [-0.1, -0.05) is 30.3 Å². The monoisotopic (exact) mass is 402 g/mol. The van der Waals surface area contributed by atoms with Crippen molar-refractivity contribution in [1.29, 1.82) is 0 Å². The summed E-state index contributed by atoms with van der Waals surface area (Å²) < 4.78 is 24.0. The molecule has 4 rings (SSSR count). The highest BCUT2D eigenvalue weighted by Crippen LogP contribution is 2.30. The third kappa shape index (κ3) is 3.80. The predicted octanol–water partition coefficient (Wildman–Crippen LogP) is 5.31. The van der Waals surface area contributed by atoms with Crippen LogP contribution in [0.4, 0.5) is 10.1 Å². The SMILES string of the molecule is COc1ccc2c(C(=O)Nc3ccc(F)cc3OC)cc(-c3ccccc3)nc2c1.